The first-order chi connectivity index (χ1) is 6.68. The summed E-state index contributed by atoms with van der Waals surface area (Å²) in [6.07, 6.45) is 0.850. The minimum atomic E-state index is -0.388. The van der Waals surface area contributed by atoms with Crippen molar-refractivity contribution in [3.63, 3.8) is 0 Å². The Hall–Kier alpha value is -0.860. The second kappa shape index (κ2) is 3.71. The van der Waals surface area contributed by atoms with E-state index in [-0.39, 0.29) is 18.1 Å². The maximum atomic E-state index is 9.98. The van der Waals surface area contributed by atoms with Gasteiger partial charge >= 0.3 is 0 Å². The molecule has 0 radical (unpaired) electrons. The highest BCUT2D eigenvalue weighted by Gasteiger charge is 2.30. The Balaban J connectivity index is 2.17. The Bertz CT molecular complexity index is 320. The number of aliphatic hydroxyl groups is 2. The van der Waals surface area contributed by atoms with Gasteiger partial charge in [0.15, 0.2) is 0 Å². The van der Waals surface area contributed by atoms with E-state index >= 15 is 0 Å². The third-order valence-corrected chi connectivity index (χ3v) is 2.95. The predicted octanol–water partition coefficient (Wildman–Crippen LogP) is 1.66. The Kier molecular flexibility index (Phi) is 2.57. The van der Waals surface area contributed by atoms with Crippen LogP contribution < -0.4 is 0 Å². The van der Waals surface area contributed by atoms with Crippen LogP contribution in [-0.4, -0.2) is 16.3 Å². The van der Waals surface area contributed by atoms with Gasteiger partial charge in [0, 0.05) is 0 Å². The molecule has 2 rings (SSSR count). The normalized spacial score (nSPS) is 27.4. The minimum Gasteiger partial charge on any atom is -0.393 e. The molecule has 0 aromatic heterocycles. The van der Waals surface area contributed by atoms with Crippen LogP contribution in [0, 0.1) is 5.92 Å². The van der Waals surface area contributed by atoms with Gasteiger partial charge in [-0.3, -0.25) is 0 Å². The van der Waals surface area contributed by atoms with E-state index < -0.39 is 0 Å². The first-order valence-electron chi connectivity index (χ1n) is 5.12. The summed E-state index contributed by atoms with van der Waals surface area (Å²) in [5, 5.41) is 19.3. The van der Waals surface area contributed by atoms with Crippen LogP contribution in [0.2, 0.25) is 0 Å². The van der Waals surface area contributed by atoms with Crippen LogP contribution in [0.5, 0.6) is 0 Å². The monoisotopic (exact) mass is 192 g/mol. The molecule has 3 atom stereocenters. The van der Waals surface area contributed by atoms with Gasteiger partial charge in [-0.1, -0.05) is 24.3 Å². The van der Waals surface area contributed by atoms with Crippen LogP contribution in [0.25, 0.3) is 0 Å². The van der Waals surface area contributed by atoms with Crippen LogP contribution in [0.4, 0.5) is 0 Å². The molecule has 0 heterocycles. The fourth-order valence-electron chi connectivity index (χ4n) is 2.31. The third kappa shape index (κ3) is 1.68. The second-order valence-electron chi connectivity index (χ2n) is 4.19. The average Bonchev–Trinajstić information content (AvgIpc) is 2.44. The van der Waals surface area contributed by atoms with Gasteiger partial charge in [-0.05, 0) is 36.8 Å². The van der Waals surface area contributed by atoms with Crippen molar-refractivity contribution >= 4 is 0 Å². The van der Waals surface area contributed by atoms with E-state index in [1.807, 2.05) is 18.2 Å². The van der Waals surface area contributed by atoms with Crippen molar-refractivity contribution in [2.45, 2.75) is 32.0 Å². The van der Waals surface area contributed by atoms with Gasteiger partial charge in [0.05, 0.1) is 12.2 Å². The SMILES string of the molecule is CC(O)CC1Cc2ccccc2C1O. The van der Waals surface area contributed by atoms with Gasteiger partial charge in [0.1, 0.15) is 0 Å². The molecule has 0 aliphatic heterocycles. The second-order valence-corrected chi connectivity index (χ2v) is 4.19. The zero-order valence-corrected chi connectivity index (χ0v) is 8.35. The Morgan fingerprint density at radius 2 is 2.14 bits per heavy atom. The van der Waals surface area contributed by atoms with E-state index in [4.69, 9.17) is 0 Å². The Morgan fingerprint density at radius 3 is 2.79 bits per heavy atom. The molecule has 1 aromatic carbocycles. The molecule has 76 valence electrons. The van der Waals surface area contributed by atoms with Crippen molar-refractivity contribution in [2.24, 2.45) is 5.92 Å². The van der Waals surface area contributed by atoms with E-state index in [0.29, 0.717) is 6.42 Å². The molecule has 0 saturated heterocycles. The number of hydrogen-bond acceptors (Lipinski definition) is 2. The summed E-state index contributed by atoms with van der Waals surface area (Å²) in [4.78, 5) is 0. The minimum absolute atomic E-state index is 0.187. The van der Waals surface area contributed by atoms with E-state index in [9.17, 15) is 10.2 Å². The van der Waals surface area contributed by atoms with Crippen molar-refractivity contribution in [1.82, 2.24) is 0 Å². The number of hydrogen-bond donors (Lipinski definition) is 2. The third-order valence-electron chi connectivity index (χ3n) is 2.95. The Morgan fingerprint density at radius 1 is 1.43 bits per heavy atom. The zero-order valence-electron chi connectivity index (χ0n) is 8.35. The predicted molar refractivity (Wildman–Crippen MR) is 54.9 cm³/mol. The van der Waals surface area contributed by atoms with E-state index in [0.717, 1.165) is 12.0 Å². The van der Waals surface area contributed by atoms with Crippen molar-refractivity contribution in [2.75, 3.05) is 0 Å². The van der Waals surface area contributed by atoms with Gasteiger partial charge in [-0.2, -0.15) is 0 Å². The first-order valence-corrected chi connectivity index (χ1v) is 5.12. The molecule has 0 bridgehead atoms. The van der Waals surface area contributed by atoms with E-state index in [1.54, 1.807) is 6.92 Å². The molecular weight excluding hydrogens is 176 g/mol. The topological polar surface area (TPSA) is 40.5 Å². The maximum Gasteiger partial charge on any atom is 0.0825 e. The molecule has 1 aliphatic rings. The molecule has 2 nitrogen and oxygen atoms in total. The number of fused-ring (bicyclic) bond motifs is 1. The summed E-state index contributed by atoms with van der Waals surface area (Å²) < 4.78 is 0. The molecule has 0 amide bonds. The molecule has 0 spiro atoms. The lowest BCUT2D eigenvalue weighted by atomic mass is 9.97. The largest absolute Gasteiger partial charge is 0.393 e. The smallest absolute Gasteiger partial charge is 0.0825 e. The van der Waals surface area contributed by atoms with E-state index in [2.05, 4.69) is 6.07 Å². The summed E-state index contributed by atoms with van der Waals surface area (Å²) in [6, 6.07) is 7.98. The van der Waals surface area contributed by atoms with Crippen LogP contribution in [0.15, 0.2) is 24.3 Å². The number of benzene rings is 1. The lowest BCUT2D eigenvalue weighted by molar-refractivity contribution is 0.0786. The highest BCUT2D eigenvalue weighted by Crippen LogP contribution is 2.38. The molecule has 0 saturated carbocycles. The summed E-state index contributed by atoms with van der Waals surface area (Å²) >= 11 is 0. The average molecular weight is 192 g/mol. The van der Waals surface area contributed by atoms with Gasteiger partial charge < -0.3 is 10.2 Å². The van der Waals surface area contributed by atoms with Gasteiger partial charge in [0.2, 0.25) is 0 Å². The molecule has 1 aliphatic carbocycles. The van der Waals surface area contributed by atoms with Crippen molar-refractivity contribution in [3.8, 4) is 0 Å². The Labute approximate surface area is 84.2 Å². The summed E-state index contributed by atoms with van der Waals surface area (Å²) in [5.74, 6) is 0.187. The summed E-state index contributed by atoms with van der Waals surface area (Å²) in [6.45, 7) is 1.77. The number of rotatable bonds is 2. The molecule has 0 fully saturated rings. The lowest BCUT2D eigenvalue weighted by Crippen LogP contribution is -2.14. The van der Waals surface area contributed by atoms with Gasteiger partial charge in [-0.25, -0.2) is 0 Å². The van der Waals surface area contributed by atoms with Crippen molar-refractivity contribution < 1.29 is 10.2 Å². The van der Waals surface area contributed by atoms with Gasteiger partial charge in [0.25, 0.3) is 0 Å². The van der Waals surface area contributed by atoms with Crippen LogP contribution in [0.1, 0.15) is 30.6 Å². The number of aliphatic hydroxyl groups excluding tert-OH is 2. The molecule has 3 unspecified atom stereocenters. The maximum absolute atomic E-state index is 9.98. The summed E-state index contributed by atoms with van der Waals surface area (Å²) in [5.41, 5.74) is 2.27. The molecule has 2 heteroatoms. The molecule has 2 N–H and O–H groups in total. The van der Waals surface area contributed by atoms with E-state index in [1.165, 1.54) is 5.56 Å². The van der Waals surface area contributed by atoms with Crippen molar-refractivity contribution in [3.05, 3.63) is 35.4 Å². The lowest BCUT2D eigenvalue weighted by Gasteiger charge is -2.16. The van der Waals surface area contributed by atoms with Crippen LogP contribution >= 0.6 is 0 Å². The standard InChI is InChI=1S/C12H16O2/c1-8(13)6-10-7-9-4-2-3-5-11(9)12(10)14/h2-5,8,10,12-14H,6-7H2,1H3. The molecular formula is C12H16O2. The van der Waals surface area contributed by atoms with Gasteiger partial charge in [-0.15, -0.1) is 0 Å². The van der Waals surface area contributed by atoms with Crippen molar-refractivity contribution in [1.29, 1.82) is 0 Å². The molecule has 1 aromatic rings. The first kappa shape index (κ1) is 9.69. The highest BCUT2D eigenvalue weighted by molar-refractivity contribution is 5.34. The quantitative estimate of drug-likeness (QED) is 0.748. The fourth-order valence-corrected chi connectivity index (χ4v) is 2.31. The van der Waals surface area contributed by atoms with Crippen LogP contribution in [0.3, 0.4) is 0 Å². The highest BCUT2D eigenvalue weighted by atomic mass is 16.3. The zero-order chi connectivity index (χ0) is 10.1. The molecule has 14 heavy (non-hydrogen) atoms. The summed E-state index contributed by atoms with van der Waals surface area (Å²) in [7, 11) is 0. The fraction of sp³-hybridized carbons (Fsp3) is 0.500. The van der Waals surface area contributed by atoms with Crippen LogP contribution in [-0.2, 0) is 6.42 Å².